The van der Waals surface area contributed by atoms with Gasteiger partial charge in [0.2, 0.25) is 0 Å². The van der Waals surface area contributed by atoms with Crippen molar-refractivity contribution >= 4 is 39.0 Å². The summed E-state index contributed by atoms with van der Waals surface area (Å²) < 4.78 is 6.67. The Morgan fingerprint density at radius 3 is 2.48 bits per heavy atom. The quantitative estimate of drug-likeness (QED) is 0.169. The van der Waals surface area contributed by atoms with Gasteiger partial charge in [0, 0.05) is 21.8 Å². The predicted molar refractivity (Wildman–Crippen MR) is 177 cm³/mol. The molecule has 0 aliphatic heterocycles. The van der Waals surface area contributed by atoms with E-state index >= 15 is 0 Å². The van der Waals surface area contributed by atoms with E-state index in [1.165, 1.54) is 65.6 Å². The number of nitrogens with one attached hydrogen (secondary N) is 1. The number of ether oxygens (including phenoxy) is 1. The van der Waals surface area contributed by atoms with E-state index in [1.54, 1.807) is 12.1 Å². The second kappa shape index (κ2) is 16.2. The average molecular weight is 591 g/mol. The minimum Gasteiger partial charge on any atom is -0.462 e. The van der Waals surface area contributed by atoms with Gasteiger partial charge in [-0.3, -0.25) is 4.79 Å². The number of benzene rings is 2. The maximum atomic E-state index is 13.5. The van der Waals surface area contributed by atoms with E-state index in [9.17, 15) is 9.59 Å². The molecule has 6 heteroatoms. The van der Waals surface area contributed by atoms with Gasteiger partial charge in [0.15, 0.2) is 0 Å². The SMILES string of the molecule is CCCOC(=O)c1cc(CC)ccc1C(=O)Nc1ccc2sc(CCC)c(CCN(CC)CCCC3CCCC3)c2c1. The Kier molecular flexibility index (Phi) is 12.4. The van der Waals surface area contributed by atoms with Crippen LogP contribution in [0.2, 0.25) is 0 Å². The molecule has 0 radical (unpaired) electrons. The summed E-state index contributed by atoms with van der Waals surface area (Å²) in [6.45, 7) is 12.2. The summed E-state index contributed by atoms with van der Waals surface area (Å²) in [6, 6.07) is 11.7. The first-order chi connectivity index (χ1) is 20.5. The molecule has 5 nitrogen and oxygen atoms in total. The molecule has 0 unspecified atom stereocenters. The number of fused-ring (bicyclic) bond motifs is 1. The molecular formula is C36H50N2O3S. The highest BCUT2D eigenvalue weighted by Gasteiger charge is 2.20. The van der Waals surface area contributed by atoms with E-state index in [4.69, 9.17) is 4.74 Å². The molecule has 0 spiro atoms. The topological polar surface area (TPSA) is 58.6 Å². The van der Waals surface area contributed by atoms with Gasteiger partial charge in [-0.15, -0.1) is 11.3 Å². The molecule has 1 aliphatic carbocycles. The van der Waals surface area contributed by atoms with E-state index in [2.05, 4.69) is 36.2 Å². The Morgan fingerprint density at radius 2 is 1.76 bits per heavy atom. The zero-order valence-corrected chi connectivity index (χ0v) is 27.0. The number of hydrogen-bond acceptors (Lipinski definition) is 5. The van der Waals surface area contributed by atoms with Crippen molar-refractivity contribution in [3.63, 3.8) is 0 Å². The van der Waals surface area contributed by atoms with Crippen molar-refractivity contribution in [2.45, 2.75) is 98.3 Å². The van der Waals surface area contributed by atoms with Gasteiger partial charge in [0.05, 0.1) is 17.7 Å². The summed E-state index contributed by atoms with van der Waals surface area (Å²) in [5, 5.41) is 4.33. The minimum atomic E-state index is -0.444. The fraction of sp³-hybridized carbons (Fsp3) is 0.556. The number of amides is 1. The second-order valence-corrected chi connectivity index (χ2v) is 12.9. The highest BCUT2D eigenvalue weighted by Crippen LogP contribution is 2.35. The van der Waals surface area contributed by atoms with Crippen LogP contribution in [0.4, 0.5) is 5.69 Å². The number of thiophene rings is 1. The Morgan fingerprint density at radius 1 is 0.952 bits per heavy atom. The van der Waals surface area contributed by atoms with Crippen molar-refractivity contribution in [2.24, 2.45) is 5.92 Å². The van der Waals surface area contributed by atoms with Crippen LogP contribution in [0.15, 0.2) is 36.4 Å². The van der Waals surface area contributed by atoms with Crippen molar-refractivity contribution in [2.75, 3.05) is 31.6 Å². The first kappa shape index (κ1) is 32.2. The summed E-state index contributed by atoms with van der Waals surface area (Å²) in [6.07, 6.45) is 13.1. The van der Waals surface area contributed by atoms with E-state index in [0.717, 1.165) is 62.4 Å². The van der Waals surface area contributed by atoms with Crippen molar-refractivity contribution in [1.29, 1.82) is 0 Å². The largest absolute Gasteiger partial charge is 0.462 e. The first-order valence-electron chi connectivity index (χ1n) is 16.3. The lowest BCUT2D eigenvalue weighted by Gasteiger charge is -2.21. The molecule has 42 heavy (non-hydrogen) atoms. The van der Waals surface area contributed by atoms with Crippen molar-refractivity contribution in [1.82, 2.24) is 4.90 Å². The van der Waals surface area contributed by atoms with Crippen molar-refractivity contribution in [3.05, 3.63) is 63.5 Å². The van der Waals surface area contributed by atoms with Gasteiger partial charge < -0.3 is 15.0 Å². The molecular weight excluding hydrogens is 540 g/mol. The number of esters is 1. The summed E-state index contributed by atoms with van der Waals surface area (Å²) in [7, 11) is 0. The molecule has 2 aromatic carbocycles. The summed E-state index contributed by atoms with van der Waals surface area (Å²) in [5.41, 5.74) is 3.86. The van der Waals surface area contributed by atoms with Crippen LogP contribution < -0.4 is 5.32 Å². The average Bonchev–Trinajstić information content (AvgIpc) is 3.65. The molecule has 1 aliphatic rings. The molecule has 0 bridgehead atoms. The lowest BCUT2D eigenvalue weighted by molar-refractivity contribution is 0.0502. The minimum absolute atomic E-state index is 0.287. The number of hydrogen-bond donors (Lipinski definition) is 1. The van der Waals surface area contributed by atoms with E-state index < -0.39 is 5.97 Å². The van der Waals surface area contributed by atoms with Crippen LogP contribution in [0.5, 0.6) is 0 Å². The van der Waals surface area contributed by atoms with Gasteiger partial charge in [0.1, 0.15) is 0 Å². The van der Waals surface area contributed by atoms with Gasteiger partial charge in [-0.05, 0) is 104 Å². The third kappa shape index (κ3) is 8.44. The zero-order chi connectivity index (χ0) is 29.9. The molecule has 4 rings (SSSR count). The first-order valence-corrected chi connectivity index (χ1v) is 17.2. The van der Waals surface area contributed by atoms with Crippen LogP contribution in [0.3, 0.4) is 0 Å². The molecule has 1 amide bonds. The standard InChI is InChI=1S/C36H50N2O3S/c1-5-12-33-29(20-22-38(8-4)21-11-15-27-13-9-10-14-27)31-25-28(17-19-34(31)42-33)37-35(39)30-18-16-26(7-3)24-32(30)36(40)41-23-6-2/h16-19,24-25,27H,5-15,20-23H2,1-4H3,(H,37,39). The Balaban J connectivity index is 1.50. The number of rotatable bonds is 16. The molecule has 1 fully saturated rings. The van der Waals surface area contributed by atoms with Crippen LogP contribution in [-0.4, -0.2) is 43.0 Å². The van der Waals surface area contributed by atoms with Crippen LogP contribution in [0.25, 0.3) is 10.1 Å². The van der Waals surface area contributed by atoms with E-state index in [0.29, 0.717) is 17.7 Å². The molecule has 1 saturated carbocycles. The molecule has 0 atom stereocenters. The third-order valence-corrected chi connectivity index (χ3v) is 9.96. The summed E-state index contributed by atoms with van der Waals surface area (Å²) in [4.78, 5) is 30.4. The zero-order valence-electron chi connectivity index (χ0n) is 26.2. The maximum Gasteiger partial charge on any atom is 0.338 e. The Bertz CT molecular complexity index is 1320. The van der Waals surface area contributed by atoms with Crippen molar-refractivity contribution < 1.29 is 14.3 Å². The summed E-state index contributed by atoms with van der Waals surface area (Å²) in [5.74, 6) is 0.225. The molecule has 1 aromatic heterocycles. The van der Waals surface area contributed by atoms with Gasteiger partial charge in [-0.1, -0.05) is 65.9 Å². The third-order valence-electron chi connectivity index (χ3n) is 8.69. The monoisotopic (exact) mass is 590 g/mol. The van der Waals surface area contributed by atoms with Crippen LogP contribution in [-0.2, 0) is 24.0 Å². The van der Waals surface area contributed by atoms with E-state index in [-0.39, 0.29) is 5.91 Å². The molecule has 1 N–H and O–H groups in total. The number of nitrogens with zero attached hydrogens (tertiary/aromatic N) is 1. The molecule has 228 valence electrons. The lowest BCUT2D eigenvalue weighted by Crippen LogP contribution is -2.27. The predicted octanol–water partition coefficient (Wildman–Crippen LogP) is 9.07. The number of carbonyl (C=O) groups is 2. The maximum absolute atomic E-state index is 13.5. The number of likely N-dealkylation sites (N-methyl/N-ethyl adjacent to an activating group) is 1. The number of carbonyl (C=O) groups excluding carboxylic acids is 2. The summed E-state index contributed by atoms with van der Waals surface area (Å²) >= 11 is 1.89. The fourth-order valence-electron chi connectivity index (χ4n) is 6.23. The second-order valence-electron chi connectivity index (χ2n) is 11.8. The highest BCUT2D eigenvalue weighted by atomic mass is 32.1. The van der Waals surface area contributed by atoms with Crippen LogP contribution in [0.1, 0.15) is 116 Å². The van der Waals surface area contributed by atoms with Gasteiger partial charge in [-0.25, -0.2) is 4.79 Å². The fourth-order valence-corrected chi connectivity index (χ4v) is 7.56. The number of anilines is 1. The molecule has 1 heterocycles. The van der Waals surface area contributed by atoms with E-state index in [1.807, 2.05) is 37.3 Å². The molecule has 0 saturated heterocycles. The smallest absolute Gasteiger partial charge is 0.338 e. The Labute approximate surface area is 257 Å². The van der Waals surface area contributed by atoms with Crippen molar-refractivity contribution in [3.8, 4) is 0 Å². The van der Waals surface area contributed by atoms with Gasteiger partial charge >= 0.3 is 5.97 Å². The lowest BCUT2D eigenvalue weighted by atomic mass is 10.0. The highest BCUT2D eigenvalue weighted by molar-refractivity contribution is 7.19. The van der Waals surface area contributed by atoms with Gasteiger partial charge in [-0.2, -0.15) is 0 Å². The Hall–Kier alpha value is -2.70. The normalized spacial score (nSPS) is 13.7. The van der Waals surface area contributed by atoms with Gasteiger partial charge in [0.25, 0.3) is 5.91 Å². The van der Waals surface area contributed by atoms with Crippen LogP contribution in [0, 0.1) is 5.92 Å². The molecule has 3 aromatic rings. The number of aryl methyl sites for hydroxylation is 2. The van der Waals surface area contributed by atoms with Crippen LogP contribution >= 0.6 is 11.3 Å².